The van der Waals surface area contributed by atoms with Crippen LogP contribution in [0.4, 0.5) is 10.2 Å². The number of carbonyl (C=O) groups is 1. The van der Waals surface area contributed by atoms with Crippen LogP contribution in [0.1, 0.15) is 36.3 Å². The van der Waals surface area contributed by atoms with Crippen LogP contribution in [0.5, 0.6) is 0 Å². The fourth-order valence-corrected chi connectivity index (χ4v) is 4.50. The molecule has 0 bridgehead atoms. The Morgan fingerprint density at radius 2 is 1.74 bits per heavy atom. The Hall–Kier alpha value is -4.53. The predicted molar refractivity (Wildman–Crippen MR) is 153 cm³/mol. The Morgan fingerprint density at radius 1 is 1.03 bits per heavy atom. The quantitative estimate of drug-likeness (QED) is 0.365. The zero-order chi connectivity index (χ0) is 27.9. The van der Waals surface area contributed by atoms with Gasteiger partial charge in [0.2, 0.25) is 0 Å². The van der Waals surface area contributed by atoms with Gasteiger partial charge in [-0.25, -0.2) is 13.9 Å². The molecule has 39 heavy (non-hydrogen) atoms. The first-order valence-corrected chi connectivity index (χ1v) is 13.1. The molecule has 1 aliphatic rings. The lowest BCUT2D eigenvalue weighted by atomic mass is 10.1. The van der Waals surface area contributed by atoms with E-state index in [0.717, 1.165) is 41.0 Å². The number of nitrogens with zero attached hydrogens (tertiary/aromatic N) is 5. The zero-order valence-electron chi connectivity index (χ0n) is 22.6. The maximum absolute atomic E-state index is 12.9. The first kappa shape index (κ1) is 27.5. The van der Waals surface area contributed by atoms with E-state index >= 15 is 0 Å². The van der Waals surface area contributed by atoms with Crippen molar-refractivity contribution in [1.82, 2.24) is 24.5 Å². The van der Waals surface area contributed by atoms with E-state index in [4.69, 9.17) is 0 Å². The molecule has 1 N–H and O–H groups in total. The number of hydrogen-bond donors (Lipinski definition) is 1. The summed E-state index contributed by atoms with van der Waals surface area (Å²) in [5.74, 6) is 0.339. The van der Waals surface area contributed by atoms with Crippen molar-refractivity contribution in [2.75, 3.05) is 18.0 Å². The van der Waals surface area contributed by atoms with Gasteiger partial charge in [-0.15, -0.1) is 5.10 Å². The molecule has 3 aromatic heterocycles. The first-order chi connectivity index (χ1) is 18.9. The Balaban J connectivity index is 0.000000338. The van der Waals surface area contributed by atoms with Crippen LogP contribution in [0.3, 0.4) is 0 Å². The van der Waals surface area contributed by atoms with Crippen LogP contribution in [0.2, 0.25) is 0 Å². The Bertz CT molecular complexity index is 1630. The minimum absolute atomic E-state index is 0.0462. The molecule has 1 saturated heterocycles. The molecule has 5 aromatic rings. The summed E-state index contributed by atoms with van der Waals surface area (Å²) in [6.45, 7) is 7.40. The number of carbonyl (C=O) groups excluding carboxylic acids is 1. The van der Waals surface area contributed by atoms with Crippen LogP contribution in [-0.2, 0) is 7.05 Å². The highest BCUT2D eigenvalue weighted by molar-refractivity contribution is 5.97. The third-order valence-corrected chi connectivity index (χ3v) is 6.48. The molecule has 6 rings (SSSR count). The second kappa shape index (κ2) is 12.3. The fraction of sp³-hybridized carbons (Fsp3) is 0.267. The van der Waals surface area contributed by atoms with Crippen LogP contribution in [0.25, 0.3) is 16.6 Å². The summed E-state index contributed by atoms with van der Waals surface area (Å²) in [6.07, 6.45) is 2.59. The maximum atomic E-state index is 12.9. The standard InChI is InChI=1S/C22H22N6O2.C6H5F.C2H6/c1-14-12-23-19-7-8-20(25-28(14)19)27-10-9-16(13-27)24-21(29)17-11-15-5-3-4-6-18(15)26(2)22(17)30;7-6-4-2-1-3-5-6;1-2/h3-8,11-12,16H,9-10,13H2,1-2H3,(H,24,29);1-5H;1-2H3/t16-;;/m0../s1. The number of imidazole rings is 1. The van der Waals surface area contributed by atoms with E-state index in [1.165, 1.54) is 16.7 Å². The summed E-state index contributed by atoms with van der Waals surface area (Å²) in [5, 5.41) is 8.56. The van der Waals surface area contributed by atoms with Gasteiger partial charge in [-0.3, -0.25) is 9.59 Å². The van der Waals surface area contributed by atoms with Crippen molar-refractivity contribution in [2.45, 2.75) is 33.2 Å². The number of anilines is 1. The number of nitrogens with one attached hydrogen (secondary N) is 1. The van der Waals surface area contributed by atoms with E-state index in [1.54, 1.807) is 37.5 Å². The Labute approximate surface area is 226 Å². The number of fused-ring (bicyclic) bond motifs is 2. The molecule has 0 unspecified atom stereocenters. The lowest BCUT2D eigenvalue weighted by Gasteiger charge is -2.18. The van der Waals surface area contributed by atoms with E-state index in [0.29, 0.717) is 6.54 Å². The fourth-order valence-electron chi connectivity index (χ4n) is 4.50. The van der Waals surface area contributed by atoms with Crippen LogP contribution in [-0.4, -0.2) is 44.2 Å². The van der Waals surface area contributed by atoms with Gasteiger partial charge < -0.3 is 14.8 Å². The van der Waals surface area contributed by atoms with E-state index < -0.39 is 0 Å². The molecule has 0 spiro atoms. The molecule has 0 aliphatic carbocycles. The van der Waals surface area contributed by atoms with Crippen molar-refractivity contribution in [3.05, 3.63) is 106 Å². The Kier molecular flexibility index (Phi) is 8.70. The second-order valence-corrected chi connectivity index (χ2v) is 9.04. The van der Waals surface area contributed by atoms with Gasteiger partial charge in [0.05, 0.1) is 17.4 Å². The summed E-state index contributed by atoms with van der Waals surface area (Å²) in [6, 6.07) is 21.0. The van der Waals surface area contributed by atoms with E-state index in [2.05, 4.69) is 20.3 Å². The van der Waals surface area contributed by atoms with Crippen molar-refractivity contribution < 1.29 is 9.18 Å². The summed E-state index contributed by atoms with van der Waals surface area (Å²) >= 11 is 0. The number of aryl methyl sites for hydroxylation is 2. The first-order valence-electron chi connectivity index (χ1n) is 13.1. The highest BCUT2D eigenvalue weighted by Gasteiger charge is 2.26. The van der Waals surface area contributed by atoms with Crippen LogP contribution < -0.4 is 15.8 Å². The molecule has 0 radical (unpaired) electrons. The third-order valence-electron chi connectivity index (χ3n) is 6.48. The number of amides is 1. The molecular weight excluding hydrogens is 495 g/mol. The van der Waals surface area contributed by atoms with Crippen molar-refractivity contribution in [2.24, 2.45) is 7.05 Å². The van der Waals surface area contributed by atoms with Crippen LogP contribution >= 0.6 is 0 Å². The predicted octanol–water partition coefficient (Wildman–Crippen LogP) is 4.75. The zero-order valence-corrected chi connectivity index (χ0v) is 22.6. The van der Waals surface area contributed by atoms with Gasteiger partial charge in [0.1, 0.15) is 17.2 Å². The SMILES string of the molecule is CC.Cc1cnc2ccc(N3CC[C@H](NC(=O)c4cc5ccccc5n(C)c4=O)C3)nn12.Fc1ccccc1. The monoisotopic (exact) mass is 528 g/mol. The lowest BCUT2D eigenvalue weighted by molar-refractivity contribution is 0.0938. The van der Waals surface area contributed by atoms with E-state index in [1.807, 2.05) is 61.7 Å². The van der Waals surface area contributed by atoms with E-state index in [9.17, 15) is 14.0 Å². The van der Waals surface area contributed by atoms with Gasteiger partial charge in [0, 0.05) is 26.2 Å². The molecule has 2 aromatic carbocycles. The summed E-state index contributed by atoms with van der Waals surface area (Å²) in [7, 11) is 1.69. The van der Waals surface area contributed by atoms with Gasteiger partial charge >= 0.3 is 0 Å². The average Bonchev–Trinajstić information content (AvgIpc) is 3.59. The van der Waals surface area contributed by atoms with Crippen molar-refractivity contribution in [1.29, 1.82) is 0 Å². The van der Waals surface area contributed by atoms with Crippen LogP contribution in [0.15, 0.2) is 83.8 Å². The number of pyridine rings is 1. The summed E-state index contributed by atoms with van der Waals surface area (Å²) in [5.41, 5.74) is 2.48. The second-order valence-electron chi connectivity index (χ2n) is 9.04. The molecule has 9 heteroatoms. The van der Waals surface area contributed by atoms with Gasteiger partial charge in [-0.2, -0.15) is 0 Å². The summed E-state index contributed by atoms with van der Waals surface area (Å²) < 4.78 is 15.3. The van der Waals surface area contributed by atoms with Gasteiger partial charge in [-0.05, 0) is 55.1 Å². The molecule has 1 atom stereocenters. The van der Waals surface area contributed by atoms with Crippen molar-refractivity contribution >= 4 is 28.3 Å². The molecule has 202 valence electrons. The molecule has 1 fully saturated rings. The number of para-hydroxylation sites is 1. The Morgan fingerprint density at radius 3 is 2.46 bits per heavy atom. The number of rotatable bonds is 3. The molecular formula is C30H33FN6O2. The number of benzene rings is 2. The topological polar surface area (TPSA) is 84.5 Å². The highest BCUT2D eigenvalue weighted by Crippen LogP contribution is 2.19. The van der Waals surface area contributed by atoms with Crippen molar-refractivity contribution in [3.63, 3.8) is 0 Å². The minimum Gasteiger partial charge on any atom is -0.353 e. The van der Waals surface area contributed by atoms with Gasteiger partial charge in [-0.1, -0.05) is 50.2 Å². The third kappa shape index (κ3) is 6.14. The minimum atomic E-state index is -0.331. The molecule has 0 saturated carbocycles. The number of hydrogen-bond acceptors (Lipinski definition) is 5. The van der Waals surface area contributed by atoms with Gasteiger partial charge in [0.25, 0.3) is 11.5 Å². The van der Waals surface area contributed by atoms with Gasteiger partial charge in [0.15, 0.2) is 5.65 Å². The number of halogens is 1. The molecule has 8 nitrogen and oxygen atoms in total. The van der Waals surface area contributed by atoms with Crippen LogP contribution in [0, 0.1) is 12.7 Å². The smallest absolute Gasteiger partial charge is 0.263 e. The normalized spacial score (nSPS) is 14.4. The molecule has 1 aliphatic heterocycles. The lowest BCUT2D eigenvalue weighted by Crippen LogP contribution is -2.40. The molecule has 1 amide bonds. The largest absolute Gasteiger partial charge is 0.353 e. The maximum Gasteiger partial charge on any atom is 0.263 e. The molecule has 4 heterocycles. The summed E-state index contributed by atoms with van der Waals surface area (Å²) in [4.78, 5) is 32.0. The number of aromatic nitrogens is 4. The van der Waals surface area contributed by atoms with Crippen molar-refractivity contribution in [3.8, 4) is 0 Å². The average molecular weight is 529 g/mol. The highest BCUT2D eigenvalue weighted by atomic mass is 19.1. The van der Waals surface area contributed by atoms with E-state index in [-0.39, 0.29) is 28.9 Å².